The molecular formula is C21H42N2O3. The molecule has 5 heteroatoms. The number of carbonyl (C=O) groups excluding carboxylic acids is 2. The molecule has 2 amide bonds. The Bertz CT molecular complexity index is 373. The summed E-state index contributed by atoms with van der Waals surface area (Å²) in [4.78, 5) is 30.0. The number of nitrogens with zero attached hydrogens (tertiary/aromatic N) is 2. The van der Waals surface area contributed by atoms with Gasteiger partial charge < -0.3 is 14.5 Å². The standard InChI is InChI=1S/C21H42N2O3/c1-7-11-14-15-16-21(26-10-4,19(24)22(5)17-12-8-2)20(25)23(6)18-13-9-3/h7-18H2,1-6H3. The highest BCUT2D eigenvalue weighted by molar-refractivity contribution is 6.08. The van der Waals surface area contributed by atoms with Crippen molar-refractivity contribution in [3.63, 3.8) is 0 Å². The number of likely N-dealkylation sites (N-methyl/N-ethyl adjacent to an activating group) is 2. The van der Waals surface area contributed by atoms with Gasteiger partial charge in [-0.25, -0.2) is 0 Å². The maximum atomic E-state index is 13.3. The fourth-order valence-corrected chi connectivity index (χ4v) is 3.16. The van der Waals surface area contributed by atoms with Gasteiger partial charge in [0.1, 0.15) is 0 Å². The van der Waals surface area contributed by atoms with E-state index in [-0.39, 0.29) is 11.8 Å². The van der Waals surface area contributed by atoms with Gasteiger partial charge in [-0.3, -0.25) is 9.59 Å². The van der Waals surface area contributed by atoms with Crippen LogP contribution in [0.15, 0.2) is 0 Å². The highest BCUT2D eigenvalue weighted by Gasteiger charge is 2.49. The Hall–Kier alpha value is -1.10. The molecule has 0 N–H and O–H groups in total. The van der Waals surface area contributed by atoms with Crippen LogP contribution in [0.4, 0.5) is 0 Å². The molecule has 0 saturated heterocycles. The van der Waals surface area contributed by atoms with Crippen LogP contribution in [0.2, 0.25) is 0 Å². The third-order valence-corrected chi connectivity index (χ3v) is 4.85. The molecule has 154 valence electrons. The van der Waals surface area contributed by atoms with Gasteiger partial charge in [0.15, 0.2) is 0 Å². The maximum absolute atomic E-state index is 13.3. The topological polar surface area (TPSA) is 49.9 Å². The van der Waals surface area contributed by atoms with Gasteiger partial charge in [-0.1, -0.05) is 52.9 Å². The van der Waals surface area contributed by atoms with E-state index >= 15 is 0 Å². The predicted molar refractivity (Wildman–Crippen MR) is 108 cm³/mol. The zero-order valence-electron chi connectivity index (χ0n) is 18.1. The molecular weight excluding hydrogens is 328 g/mol. The van der Waals surface area contributed by atoms with E-state index in [0.29, 0.717) is 26.1 Å². The lowest BCUT2D eigenvalue weighted by Crippen LogP contribution is -2.59. The first-order valence-electron chi connectivity index (χ1n) is 10.6. The van der Waals surface area contributed by atoms with E-state index in [4.69, 9.17) is 4.74 Å². The Labute approximate surface area is 161 Å². The predicted octanol–water partition coefficient (Wildman–Crippen LogP) is 4.25. The zero-order chi connectivity index (χ0) is 20.0. The molecule has 0 radical (unpaired) electrons. The molecule has 5 nitrogen and oxygen atoms in total. The highest BCUT2D eigenvalue weighted by Crippen LogP contribution is 2.26. The Morgan fingerprint density at radius 1 is 0.731 bits per heavy atom. The largest absolute Gasteiger partial charge is 0.356 e. The molecule has 0 aromatic carbocycles. The Morgan fingerprint density at radius 3 is 1.58 bits per heavy atom. The molecule has 0 spiro atoms. The number of hydrogen-bond donors (Lipinski definition) is 0. The molecule has 0 unspecified atom stereocenters. The molecule has 0 aliphatic carbocycles. The first-order chi connectivity index (χ1) is 12.4. The minimum atomic E-state index is -1.37. The first-order valence-corrected chi connectivity index (χ1v) is 10.6. The summed E-state index contributed by atoms with van der Waals surface area (Å²) in [7, 11) is 3.58. The summed E-state index contributed by atoms with van der Waals surface area (Å²) in [6.07, 6.45) is 8.43. The van der Waals surface area contributed by atoms with Crippen LogP contribution in [0.3, 0.4) is 0 Å². The molecule has 0 bridgehead atoms. The molecule has 0 aliphatic rings. The van der Waals surface area contributed by atoms with E-state index in [1.807, 2.05) is 6.92 Å². The monoisotopic (exact) mass is 370 g/mol. The van der Waals surface area contributed by atoms with Gasteiger partial charge in [-0.2, -0.15) is 0 Å². The van der Waals surface area contributed by atoms with Gasteiger partial charge >= 0.3 is 0 Å². The normalized spacial score (nSPS) is 11.5. The van der Waals surface area contributed by atoms with E-state index in [2.05, 4.69) is 20.8 Å². The van der Waals surface area contributed by atoms with E-state index in [0.717, 1.165) is 51.4 Å². The van der Waals surface area contributed by atoms with Gasteiger partial charge in [-0.05, 0) is 32.6 Å². The molecule has 0 heterocycles. The minimum Gasteiger partial charge on any atom is -0.356 e. The minimum absolute atomic E-state index is 0.183. The Kier molecular flexibility index (Phi) is 13.4. The van der Waals surface area contributed by atoms with Gasteiger partial charge in [0.25, 0.3) is 11.8 Å². The summed E-state index contributed by atoms with van der Waals surface area (Å²) >= 11 is 0. The Balaban J connectivity index is 5.51. The lowest BCUT2D eigenvalue weighted by molar-refractivity contribution is -0.174. The smallest absolute Gasteiger partial charge is 0.264 e. The summed E-state index contributed by atoms with van der Waals surface area (Å²) < 4.78 is 5.95. The van der Waals surface area contributed by atoms with Crippen LogP contribution >= 0.6 is 0 Å². The maximum Gasteiger partial charge on any atom is 0.264 e. The quantitative estimate of drug-likeness (QED) is 0.320. The fourth-order valence-electron chi connectivity index (χ4n) is 3.16. The van der Waals surface area contributed by atoms with Crippen LogP contribution < -0.4 is 0 Å². The lowest BCUT2D eigenvalue weighted by Gasteiger charge is -2.37. The van der Waals surface area contributed by atoms with E-state index in [1.54, 1.807) is 23.9 Å². The van der Waals surface area contributed by atoms with E-state index in [1.165, 1.54) is 0 Å². The lowest BCUT2D eigenvalue weighted by atomic mass is 9.91. The third kappa shape index (κ3) is 7.65. The SMILES string of the molecule is CCCCCCC(OCC)(C(=O)N(C)CCCC)C(=O)N(C)CCCC. The van der Waals surface area contributed by atoms with Gasteiger partial charge in [0, 0.05) is 33.8 Å². The molecule has 0 rings (SSSR count). The summed E-state index contributed by atoms with van der Waals surface area (Å²) in [5.74, 6) is -0.365. The summed E-state index contributed by atoms with van der Waals surface area (Å²) in [6, 6.07) is 0. The van der Waals surface area contributed by atoms with E-state index < -0.39 is 5.60 Å². The summed E-state index contributed by atoms with van der Waals surface area (Å²) in [5, 5.41) is 0. The molecule has 0 fully saturated rings. The number of carbonyl (C=O) groups is 2. The fraction of sp³-hybridized carbons (Fsp3) is 0.905. The third-order valence-electron chi connectivity index (χ3n) is 4.85. The van der Waals surface area contributed by atoms with Gasteiger partial charge in [0.2, 0.25) is 5.60 Å². The number of unbranched alkanes of at least 4 members (excludes halogenated alkanes) is 5. The van der Waals surface area contributed by atoms with Crippen LogP contribution in [0.5, 0.6) is 0 Å². The van der Waals surface area contributed by atoms with Crippen molar-refractivity contribution in [3.05, 3.63) is 0 Å². The highest BCUT2D eigenvalue weighted by atomic mass is 16.5. The van der Waals surface area contributed by atoms with Crippen LogP contribution in [0.25, 0.3) is 0 Å². The molecule has 0 atom stereocenters. The van der Waals surface area contributed by atoms with Crippen molar-refractivity contribution >= 4 is 11.8 Å². The van der Waals surface area contributed by atoms with Crippen LogP contribution in [0, 0.1) is 0 Å². The van der Waals surface area contributed by atoms with Crippen molar-refractivity contribution in [1.82, 2.24) is 9.80 Å². The second-order valence-electron chi connectivity index (χ2n) is 7.23. The number of amides is 2. The molecule has 0 aliphatic heterocycles. The van der Waals surface area contributed by atoms with Crippen molar-refractivity contribution < 1.29 is 14.3 Å². The Morgan fingerprint density at radius 2 is 1.19 bits per heavy atom. The second kappa shape index (κ2) is 14.0. The number of hydrogen-bond acceptors (Lipinski definition) is 3. The average Bonchev–Trinajstić information content (AvgIpc) is 2.65. The van der Waals surface area contributed by atoms with Crippen molar-refractivity contribution in [2.24, 2.45) is 0 Å². The number of ether oxygens (including phenoxy) is 1. The van der Waals surface area contributed by atoms with Crippen molar-refractivity contribution in [2.75, 3.05) is 33.8 Å². The van der Waals surface area contributed by atoms with Crippen LogP contribution in [-0.2, 0) is 14.3 Å². The first kappa shape index (κ1) is 24.9. The molecule has 0 aromatic rings. The van der Waals surface area contributed by atoms with E-state index in [9.17, 15) is 9.59 Å². The van der Waals surface area contributed by atoms with Gasteiger partial charge in [0.05, 0.1) is 0 Å². The van der Waals surface area contributed by atoms with Crippen molar-refractivity contribution in [3.8, 4) is 0 Å². The summed E-state index contributed by atoms with van der Waals surface area (Å²) in [5.41, 5.74) is -1.37. The van der Waals surface area contributed by atoms with Crippen molar-refractivity contribution in [1.29, 1.82) is 0 Å². The average molecular weight is 371 g/mol. The molecule has 0 aromatic heterocycles. The molecule has 26 heavy (non-hydrogen) atoms. The van der Waals surface area contributed by atoms with Crippen LogP contribution in [0.1, 0.15) is 85.5 Å². The number of rotatable bonds is 15. The van der Waals surface area contributed by atoms with Crippen molar-refractivity contribution in [2.45, 2.75) is 91.1 Å². The summed E-state index contributed by atoms with van der Waals surface area (Å²) in [6.45, 7) is 9.89. The van der Waals surface area contributed by atoms with Crippen LogP contribution in [-0.4, -0.2) is 61.0 Å². The second-order valence-corrected chi connectivity index (χ2v) is 7.23. The van der Waals surface area contributed by atoms with Gasteiger partial charge in [-0.15, -0.1) is 0 Å². The zero-order valence-corrected chi connectivity index (χ0v) is 18.1. The molecule has 0 saturated carbocycles.